The third-order valence-corrected chi connectivity index (χ3v) is 12.3. The standard InChI is InChI=1S/C40H51N7O2/c1-26(10-13-40-22-28-18-29(23-40)20-30(19-28)24-40)39(48)42-14-17-46-15-11-32(12-16-46)47-38-36(27(2)43-25-44-38)37(45-47)31-8-9-35(34(41)21-31)49-33-6-4-3-5-7-33/h3-9,21,25-26,28-30,32H,10-20,22-24,41H2,1-2H3,(H,42,48)/t26-,28?,29?,30?,40?/m1/s1. The third kappa shape index (κ3) is 6.66. The Labute approximate surface area is 290 Å². The molecular weight excluding hydrogens is 610 g/mol. The number of anilines is 1. The van der Waals surface area contributed by atoms with Crippen LogP contribution in [0.2, 0.25) is 0 Å². The molecular formula is C40H51N7O2. The van der Waals surface area contributed by atoms with E-state index in [-0.39, 0.29) is 17.9 Å². The molecule has 0 unspecified atom stereocenters. The second-order valence-corrected chi connectivity index (χ2v) is 15.8. The van der Waals surface area contributed by atoms with Crippen LogP contribution in [0.1, 0.15) is 82.9 Å². The Morgan fingerprint density at radius 3 is 2.43 bits per heavy atom. The summed E-state index contributed by atoms with van der Waals surface area (Å²) >= 11 is 0. The van der Waals surface area contributed by atoms with Crippen molar-refractivity contribution in [2.45, 2.75) is 84.1 Å². The Morgan fingerprint density at radius 1 is 1.02 bits per heavy atom. The van der Waals surface area contributed by atoms with Crippen LogP contribution in [0.5, 0.6) is 11.5 Å². The van der Waals surface area contributed by atoms with E-state index in [1.165, 1.54) is 44.9 Å². The molecule has 9 heteroatoms. The van der Waals surface area contributed by atoms with Gasteiger partial charge in [-0.15, -0.1) is 0 Å². The number of carbonyl (C=O) groups excluding carboxylic acids is 1. The van der Waals surface area contributed by atoms with Gasteiger partial charge < -0.3 is 20.7 Å². The third-order valence-electron chi connectivity index (χ3n) is 12.3. The van der Waals surface area contributed by atoms with Gasteiger partial charge in [-0.25, -0.2) is 14.6 Å². The molecule has 3 N–H and O–H groups in total. The molecule has 1 aliphatic heterocycles. The van der Waals surface area contributed by atoms with E-state index in [9.17, 15) is 4.79 Å². The van der Waals surface area contributed by atoms with Crippen molar-refractivity contribution in [3.63, 3.8) is 0 Å². The number of aryl methyl sites for hydroxylation is 1. The number of para-hydroxylation sites is 1. The Bertz CT molecular complexity index is 1760. The number of piperidine rings is 1. The van der Waals surface area contributed by atoms with Gasteiger partial charge in [0.2, 0.25) is 5.91 Å². The molecule has 4 aliphatic carbocycles. The number of benzene rings is 2. The summed E-state index contributed by atoms with van der Waals surface area (Å²) in [6, 6.07) is 15.7. The number of amides is 1. The van der Waals surface area contributed by atoms with Crippen LogP contribution < -0.4 is 15.8 Å². The van der Waals surface area contributed by atoms with Gasteiger partial charge in [-0.1, -0.05) is 25.1 Å². The molecule has 2 aromatic heterocycles. The molecule has 9 nitrogen and oxygen atoms in total. The van der Waals surface area contributed by atoms with Crippen molar-refractivity contribution in [2.24, 2.45) is 29.1 Å². The fourth-order valence-corrected chi connectivity index (χ4v) is 10.1. The van der Waals surface area contributed by atoms with Gasteiger partial charge in [0.25, 0.3) is 0 Å². The summed E-state index contributed by atoms with van der Waals surface area (Å²) in [7, 11) is 0. The zero-order valence-corrected chi connectivity index (χ0v) is 29.1. The van der Waals surface area contributed by atoms with Gasteiger partial charge in [0, 0.05) is 37.7 Å². The molecule has 1 amide bonds. The van der Waals surface area contributed by atoms with Crippen molar-refractivity contribution in [2.75, 3.05) is 31.9 Å². The summed E-state index contributed by atoms with van der Waals surface area (Å²) in [5.41, 5.74) is 11.1. The molecule has 49 heavy (non-hydrogen) atoms. The van der Waals surface area contributed by atoms with Crippen LogP contribution in [0, 0.1) is 36.0 Å². The van der Waals surface area contributed by atoms with Crippen LogP contribution in [0.25, 0.3) is 22.3 Å². The van der Waals surface area contributed by atoms with Crippen molar-refractivity contribution in [1.29, 1.82) is 0 Å². The quantitative estimate of drug-likeness (QED) is 0.160. The molecule has 1 saturated heterocycles. The summed E-state index contributed by atoms with van der Waals surface area (Å²) in [5.74, 6) is 4.60. The van der Waals surface area contributed by atoms with E-state index in [0.29, 0.717) is 23.4 Å². The van der Waals surface area contributed by atoms with Crippen LogP contribution in [-0.2, 0) is 4.79 Å². The SMILES string of the molecule is Cc1ncnc2c1c(-c1ccc(Oc3ccccc3)c(N)c1)nn2C1CCN(CCNC(=O)[C@H](C)CCC23CC4CC(CC(C4)C2)C3)CC1. The Kier molecular flexibility index (Phi) is 8.81. The van der Waals surface area contributed by atoms with Crippen LogP contribution in [0.4, 0.5) is 5.69 Å². The number of ether oxygens (including phenoxy) is 1. The van der Waals surface area contributed by atoms with Crippen molar-refractivity contribution in [1.82, 2.24) is 30.0 Å². The molecule has 4 bridgehead atoms. The summed E-state index contributed by atoms with van der Waals surface area (Å²) in [4.78, 5) is 24.7. The van der Waals surface area contributed by atoms with E-state index in [0.717, 1.165) is 90.4 Å². The van der Waals surface area contributed by atoms with E-state index < -0.39 is 0 Å². The molecule has 0 spiro atoms. The molecule has 1 atom stereocenters. The predicted molar refractivity (Wildman–Crippen MR) is 193 cm³/mol. The molecule has 4 saturated carbocycles. The minimum absolute atomic E-state index is 0.0921. The summed E-state index contributed by atoms with van der Waals surface area (Å²) in [5, 5.41) is 9.38. The van der Waals surface area contributed by atoms with E-state index >= 15 is 0 Å². The van der Waals surface area contributed by atoms with Crippen molar-refractivity contribution in [3.8, 4) is 22.8 Å². The lowest BCUT2D eigenvalue weighted by Crippen LogP contribution is -2.46. The molecule has 4 aromatic rings. The number of rotatable bonds is 11. The Balaban J connectivity index is 0.856. The molecule has 5 fully saturated rings. The maximum absolute atomic E-state index is 13.1. The summed E-state index contributed by atoms with van der Waals surface area (Å²) in [6.45, 7) is 7.65. The first-order valence-corrected chi connectivity index (χ1v) is 18.7. The van der Waals surface area contributed by atoms with E-state index in [1.807, 2.05) is 55.5 Å². The second-order valence-electron chi connectivity index (χ2n) is 15.8. The van der Waals surface area contributed by atoms with Gasteiger partial charge in [-0.05, 0) is 125 Å². The molecule has 9 rings (SSSR count). The Morgan fingerprint density at radius 2 is 1.73 bits per heavy atom. The topological polar surface area (TPSA) is 111 Å². The fourth-order valence-electron chi connectivity index (χ4n) is 10.1. The number of hydrogen-bond donors (Lipinski definition) is 2. The molecule has 258 valence electrons. The smallest absolute Gasteiger partial charge is 0.222 e. The molecule has 0 radical (unpaired) electrons. The highest BCUT2D eigenvalue weighted by Crippen LogP contribution is 2.61. The minimum atomic E-state index is 0.0921. The fraction of sp³-hybridized carbons (Fsp3) is 0.550. The average molecular weight is 662 g/mol. The monoisotopic (exact) mass is 661 g/mol. The van der Waals surface area contributed by atoms with E-state index in [1.54, 1.807) is 6.33 Å². The summed E-state index contributed by atoms with van der Waals surface area (Å²) in [6.07, 6.45) is 14.6. The van der Waals surface area contributed by atoms with Gasteiger partial charge >= 0.3 is 0 Å². The van der Waals surface area contributed by atoms with Crippen LogP contribution in [0.15, 0.2) is 54.9 Å². The molecule has 3 heterocycles. The number of nitrogen functional groups attached to an aromatic ring is 1. The van der Waals surface area contributed by atoms with Gasteiger partial charge in [0.15, 0.2) is 5.65 Å². The number of hydrogen-bond acceptors (Lipinski definition) is 7. The van der Waals surface area contributed by atoms with Crippen LogP contribution in [0.3, 0.4) is 0 Å². The zero-order chi connectivity index (χ0) is 33.5. The van der Waals surface area contributed by atoms with Gasteiger partial charge in [-0.2, -0.15) is 5.10 Å². The average Bonchev–Trinajstić information content (AvgIpc) is 3.49. The number of nitrogens with zero attached hydrogens (tertiary/aromatic N) is 5. The minimum Gasteiger partial charge on any atom is -0.455 e. The zero-order valence-electron chi connectivity index (χ0n) is 29.1. The number of nitrogens with two attached hydrogens (primary N) is 1. The summed E-state index contributed by atoms with van der Waals surface area (Å²) < 4.78 is 8.13. The lowest BCUT2D eigenvalue weighted by Gasteiger charge is -2.57. The number of likely N-dealkylation sites (tertiary alicyclic amines) is 1. The van der Waals surface area contributed by atoms with Gasteiger partial charge in [-0.3, -0.25) is 4.79 Å². The van der Waals surface area contributed by atoms with Crippen LogP contribution in [-0.4, -0.2) is 56.7 Å². The normalized spacial score (nSPS) is 25.9. The largest absolute Gasteiger partial charge is 0.455 e. The van der Waals surface area contributed by atoms with E-state index in [2.05, 4.69) is 26.8 Å². The molecule has 5 aliphatic rings. The number of fused-ring (bicyclic) bond motifs is 1. The highest BCUT2D eigenvalue weighted by Gasteiger charge is 2.50. The first kappa shape index (κ1) is 32.2. The van der Waals surface area contributed by atoms with Crippen molar-refractivity contribution >= 4 is 22.6 Å². The van der Waals surface area contributed by atoms with Gasteiger partial charge in [0.05, 0.1) is 22.8 Å². The number of carbonyl (C=O) groups is 1. The van der Waals surface area contributed by atoms with E-state index in [4.69, 9.17) is 20.6 Å². The maximum atomic E-state index is 13.1. The Hall–Kier alpha value is -3.98. The number of nitrogens with one attached hydrogen (secondary N) is 1. The van der Waals surface area contributed by atoms with Crippen molar-refractivity contribution < 1.29 is 9.53 Å². The first-order chi connectivity index (χ1) is 23.8. The number of aromatic nitrogens is 4. The second kappa shape index (κ2) is 13.4. The van der Waals surface area contributed by atoms with Crippen LogP contribution >= 0.6 is 0 Å². The lowest BCUT2D eigenvalue weighted by molar-refractivity contribution is -0.125. The molecule has 2 aromatic carbocycles. The lowest BCUT2D eigenvalue weighted by atomic mass is 9.48. The van der Waals surface area contributed by atoms with Crippen molar-refractivity contribution in [3.05, 3.63) is 60.6 Å². The highest BCUT2D eigenvalue weighted by molar-refractivity contribution is 5.93. The predicted octanol–water partition coefficient (Wildman–Crippen LogP) is 7.56. The first-order valence-electron chi connectivity index (χ1n) is 18.7. The highest BCUT2D eigenvalue weighted by atomic mass is 16.5. The van der Waals surface area contributed by atoms with Gasteiger partial charge in [0.1, 0.15) is 23.5 Å². The maximum Gasteiger partial charge on any atom is 0.222 e.